The van der Waals surface area contributed by atoms with Gasteiger partial charge in [-0.1, -0.05) is 24.3 Å². The van der Waals surface area contributed by atoms with Gasteiger partial charge in [0.25, 0.3) is 0 Å². The summed E-state index contributed by atoms with van der Waals surface area (Å²) in [6.07, 6.45) is 1.44. The van der Waals surface area contributed by atoms with Crippen LogP contribution in [-0.4, -0.2) is 55.0 Å². The third kappa shape index (κ3) is 6.93. The molecular weight excluding hydrogens is 427 g/mol. The van der Waals surface area contributed by atoms with E-state index in [9.17, 15) is 18.8 Å². The number of halogens is 1. The number of anilines is 1. The van der Waals surface area contributed by atoms with Crippen LogP contribution in [0.25, 0.3) is 0 Å². The van der Waals surface area contributed by atoms with Gasteiger partial charge in [0, 0.05) is 38.2 Å². The number of methoxy groups -OCH3 is 1. The number of hydrogen-bond acceptors (Lipinski definition) is 4. The number of ether oxygens (including phenoxy) is 1. The summed E-state index contributed by atoms with van der Waals surface area (Å²) < 4.78 is 18.7. The lowest BCUT2D eigenvalue weighted by atomic mass is 10.0. The van der Waals surface area contributed by atoms with Crippen molar-refractivity contribution >= 4 is 23.5 Å². The van der Waals surface area contributed by atoms with Gasteiger partial charge < -0.3 is 25.6 Å². The highest BCUT2D eigenvalue weighted by Gasteiger charge is 2.27. The largest absolute Gasteiger partial charge is 0.496 e. The minimum atomic E-state index is -0.742. The van der Waals surface area contributed by atoms with Crippen molar-refractivity contribution in [3.63, 3.8) is 0 Å². The molecule has 4 amide bonds. The Kier molecular flexibility index (Phi) is 8.23. The van der Waals surface area contributed by atoms with Gasteiger partial charge in [0.2, 0.25) is 11.8 Å². The summed E-state index contributed by atoms with van der Waals surface area (Å²) in [5.41, 5.74) is 1.21. The first-order chi connectivity index (χ1) is 15.9. The van der Waals surface area contributed by atoms with Crippen LogP contribution < -0.4 is 20.7 Å². The molecule has 0 radical (unpaired) electrons. The molecule has 9 heteroatoms. The number of carbonyl (C=O) groups is 3. The number of piperidine rings is 1. The van der Waals surface area contributed by atoms with Crippen LogP contribution in [0.5, 0.6) is 5.75 Å². The van der Waals surface area contributed by atoms with Crippen LogP contribution in [-0.2, 0) is 16.0 Å². The lowest BCUT2D eigenvalue weighted by molar-refractivity contribution is -0.128. The van der Waals surface area contributed by atoms with E-state index in [0.717, 1.165) is 5.56 Å². The van der Waals surface area contributed by atoms with Crippen LogP contribution in [0, 0.1) is 5.82 Å². The Morgan fingerprint density at radius 2 is 1.85 bits per heavy atom. The zero-order valence-electron chi connectivity index (χ0n) is 18.8. The number of benzene rings is 2. The highest BCUT2D eigenvalue weighted by molar-refractivity contribution is 5.89. The number of nitrogens with zero attached hydrogens (tertiary/aromatic N) is 1. The quantitative estimate of drug-likeness (QED) is 0.597. The van der Waals surface area contributed by atoms with Crippen LogP contribution in [0.4, 0.5) is 14.9 Å². The van der Waals surface area contributed by atoms with E-state index in [1.807, 2.05) is 24.3 Å². The Hall–Kier alpha value is -3.62. The van der Waals surface area contributed by atoms with Crippen molar-refractivity contribution in [2.24, 2.45) is 0 Å². The van der Waals surface area contributed by atoms with E-state index < -0.39 is 11.9 Å². The van der Waals surface area contributed by atoms with Crippen LogP contribution >= 0.6 is 0 Å². The molecule has 0 spiro atoms. The Morgan fingerprint density at radius 3 is 2.52 bits per heavy atom. The number of carbonyl (C=O) groups excluding carboxylic acids is 3. The van der Waals surface area contributed by atoms with Crippen LogP contribution in [0.2, 0.25) is 0 Å². The summed E-state index contributed by atoms with van der Waals surface area (Å²) in [7, 11) is 1.56. The van der Waals surface area contributed by atoms with Gasteiger partial charge in [-0.3, -0.25) is 9.59 Å². The fourth-order valence-electron chi connectivity index (χ4n) is 3.84. The standard InChI is InChI=1S/C24H29FN4O4/c1-16(30)26-21(14-17-6-3-4-9-22(17)33-2)23(31)27-19-10-12-29(13-11-19)24(32)28-20-8-5-7-18(25)15-20/h3-9,15,19,21H,10-14H2,1-2H3,(H,26,30)(H,27,31)(H,28,32)/t21-/m0/s1. The number of amides is 4. The maximum Gasteiger partial charge on any atom is 0.321 e. The highest BCUT2D eigenvalue weighted by atomic mass is 19.1. The van der Waals surface area contributed by atoms with Crippen LogP contribution in [0.3, 0.4) is 0 Å². The second-order valence-corrected chi connectivity index (χ2v) is 7.98. The number of hydrogen-bond donors (Lipinski definition) is 3. The van der Waals surface area contributed by atoms with Gasteiger partial charge in [-0.15, -0.1) is 0 Å². The molecule has 1 saturated heterocycles. The van der Waals surface area contributed by atoms with E-state index in [4.69, 9.17) is 4.74 Å². The van der Waals surface area contributed by atoms with E-state index >= 15 is 0 Å². The molecule has 3 rings (SSSR count). The van der Waals surface area contributed by atoms with Gasteiger partial charge in [0.15, 0.2) is 0 Å². The normalized spacial score (nSPS) is 14.8. The molecule has 0 bridgehead atoms. The Labute approximate surface area is 192 Å². The smallest absolute Gasteiger partial charge is 0.321 e. The summed E-state index contributed by atoms with van der Waals surface area (Å²) >= 11 is 0. The molecule has 1 aliphatic rings. The SMILES string of the molecule is COc1ccccc1C[C@H](NC(C)=O)C(=O)NC1CCN(C(=O)Nc2cccc(F)c2)CC1. The molecule has 1 fully saturated rings. The van der Waals surface area contributed by atoms with E-state index in [2.05, 4.69) is 16.0 Å². The monoisotopic (exact) mass is 456 g/mol. The van der Waals surface area contributed by atoms with Gasteiger partial charge in [-0.05, 0) is 42.7 Å². The van der Waals surface area contributed by atoms with Gasteiger partial charge in [0.05, 0.1) is 7.11 Å². The zero-order valence-corrected chi connectivity index (χ0v) is 18.8. The number of nitrogens with one attached hydrogen (secondary N) is 3. The summed E-state index contributed by atoms with van der Waals surface area (Å²) in [6, 6.07) is 11.9. The summed E-state index contributed by atoms with van der Waals surface area (Å²) in [5.74, 6) is -0.345. The second-order valence-electron chi connectivity index (χ2n) is 7.98. The average Bonchev–Trinajstić information content (AvgIpc) is 2.79. The lowest BCUT2D eigenvalue weighted by Crippen LogP contribution is -2.53. The van der Waals surface area contributed by atoms with Crippen LogP contribution in [0.15, 0.2) is 48.5 Å². The number of para-hydroxylation sites is 1. The number of likely N-dealkylation sites (tertiary alicyclic amines) is 1. The van der Waals surface area contributed by atoms with Crippen molar-refractivity contribution in [1.82, 2.24) is 15.5 Å². The molecule has 1 aliphatic heterocycles. The molecule has 176 valence electrons. The highest BCUT2D eigenvalue weighted by Crippen LogP contribution is 2.20. The topological polar surface area (TPSA) is 99.8 Å². The van der Waals surface area contributed by atoms with Gasteiger partial charge in [0.1, 0.15) is 17.6 Å². The first-order valence-electron chi connectivity index (χ1n) is 10.9. The van der Waals surface area contributed by atoms with E-state index in [-0.39, 0.29) is 23.9 Å². The molecule has 0 saturated carbocycles. The molecule has 0 aliphatic carbocycles. The molecule has 2 aromatic carbocycles. The fraction of sp³-hybridized carbons (Fsp3) is 0.375. The molecule has 3 N–H and O–H groups in total. The summed E-state index contributed by atoms with van der Waals surface area (Å²) in [4.78, 5) is 38.7. The van der Waals surface area contributed by atoms with Crippen molar-refractivity contribution in [3.8, 4) is 5.75 Å². The third-order valence-electron chi connectivity index (χ3n) is 5.51. The number of urea groups is 1. The predicted molar refractivity (Wildman–Crippen MR) is 122 cm³/mol. The lowest BCUT2D eigenvalue weighted by Gasteiger charge is -2.33. The predicted octanol–water partition coefficient (Wildman–Crippen LogP) is 2.69. The molecule has 33 heavy (non-hydrogen) atoms. The Bertz CT molecular complexity index is 992. The van der Waals surface area contributed by atoms with Gasteiger partial charge in [-0.25, -0.2) is 9.18 Å². The maximum atomic E-state index is 13.3. The minimum absolute atomic E-state index is 0.121. The van der Waals surface area contributed by atoms with Crippen molar-refractivity contribution in [2.45, 2.75) is 38.3 Å². The molecule has 8 nitrogen and oxygen atoms in total. The molecule has 2 aromatic rings. The number of rotatable bonds is 7. The van der Waals surface area contributed by atoms with Crippen molar-refractivity contribution in [2.75, 3.05) is 25.5 Å². The Morgan fingerprint density at radius 1 is 1.12 bits per heavy atom. The maximum absolute atomic E-state index is 13.3. The third-order valence-corrected chi connectivity index (χ3v) is 5.51. The van der Waals surface area contributed by atoms with Crippen molar-refractivity contribution in [1.29, 1.82) is 0 Å². The van der Waals surface area contributed by atoms with E-state index in [0.29, 0.717) is 43.8 Å². The second kappa shape index (κ2) is 11.3. The molecule has 0 aromatic heterocycles. The van der Waals surface area contributed by atoms with Crippen molar-refractivity contribution in [3.05, 3.63) is 59.9 Å². The van der Waals surface area contributed by atoms with Crippen molar-refractivity contribution < 1.29 is 23.5 Å². The zero-order chi connectivity index (χ0) is 23.8. The fourth-order valence-corrected chi connectivity index (χ4v) is 3.84. The summed E-state index contributed by atoms with van der Waals surface area (Å²) in [5, 5.41) is 8.40. The minimum Gasteiger partial charge on any atom is -0.496 e. The van der Waals surface area contributed by atoms with Crippen LogP contribution in [0.1, 0.15) is 25.3 Å². The van der Waals surface area contributed by atoms with Gasteiger partial charge >= 0.3 is 6.03 Å². The molecule has 1 atom stereocenters. The van der Waals surface area contributed by atoms with Gasteiger partial charge in [-0.2, -0.15) is 0 Å². The Balaban J connectivity index is 1.54. The summed E-state index contributed by atoms with van der Waals surface area (Å²) in [6.45, 7) is 2.27. The first-order valence-corrected chi connectivity index (χ1v) is 10.9. The first kappa shape index (κ1) is 24.0. The van der Waals surface area contributed by atoms with E-state index in [1.54, 1.807) is 18.1 Å². The molecular formula is C24H29FN4O4. The van der Waals surface area contributed by atoms with E-state index in [1.165, 1.54) is 25.1 Å². The average molecular weight is 457 g/mol. The molecule has 1 heterocycles. The molecule has 0 unspecified atom stereocenters.